The predicted molar refractivity (Wildman–Crippen MR) is 96.4 cm³/mol. The first-order chi connectivity index (χ1) is 12.9. The standard InChI is InChI=1S/C20H20F2N2O3/c1-12(13-3-8-17(21)18(22)9-13)23-20(26)14-10-19(25)24(11-14)15-4-6-16(27-2)7-5-15/h3-9,12,14H,10-11H2,1-2H3,(H,23,26). The molecule has 1 fully saturated rings. The lowest BCUT2D eigenvalue weighted by Crippen LogP contribution is -2.34. The van der Waals surface area contributed by atoms with Crippen molar-refractivity contribution in [1.82, 2.24) is 5.32 Å². The number of rotatable bonds is 5. The molecule has 5 nitrogen and oxygen atoms in total. The van der Waals surface area contributed by atoms with E-state index >= 15 is 0 Å². The molecule has 2 unspecified atom stereocenters. The van der Waals surface area contributed by atoms with Gasteiger partial charge in [-0.3, -0.25) is 9.59 Å². The van der Waals surface area contributed by atoms with E-state index in [1.165, 1.54) is 6.07 Å². The van der Waals surface area contributed by atoms with Gasteiger partial charge in [-0.15, -0.1) is 0 Å². The minimum Gasteiger partial charge on any atom is -0.497 e. The van der Waals surface area contributed by atoms with Crippen molar-refractivity contribution < 1.29 is 23.1 Å². The Morgan fingerprint density at radius 3 is 2.52 bits per heavy atom. The molecule has 0 aromatic heterocycles. The zero-order valence-electron chi connectivity index (χ0n) is 15.0. The Hall–Kier alpha value is -2.96. The second-order valence-corrected chi connectivity index (χ2v) is 6.51. The SMILES string of the molecule is COc1ccc(N2CC(C(=O)NC(C)c3ccc(F)c(F)c3)CC2=O)cc1. The smallest absolute Gasteiger partial charge is 0.227 e. The van der Waals surface area contributed by atoms with E-state index in [0.29, 0.717) is 17.0 Å². The summed E-state index contributed by atoms with van der Waals surface area (Å²) in [4.78, 5) is 26.4. The van der Waals surface area contributed by atoms with Crippen LogP contribution in [0.5, 0.6) is 5.75 Å². The third-order valence-corrected chi connectivity index (χ3v) is 4.68. The summed E-state index contributed by atoms with van der Waals surface area (Å²) >= 11 is 0. The maximum atomic E-state index is 13.4. The molecule has 1 saturated heterocycles. The van der Waals surface area contributed by atoms with E-state index in [1.807, 2.05) is 0 Å². The largest absolute Gasteiger partial charge is 0.497 e. The molecule has 2 aromatic carbocycles. The molecule has 1 aliphatic rings. The molecule has 2 aromatic rings. The summed E-state index contributed by atoms with van der Waals surface area (Å²) < 4.78 is 31.5. The number of halogens is 2. The Balaban J connectivity index is 1.65. The van der Waals surface area contributed by atoms with Crippen LogP contribution in [0.2, 0.25) is 0 Å². The number of anilines is 1. The lowest BCUT2D eigenvalue weighted by molar-refractivity contribution is -0.126. The molecule has 3 rings (SSSR count). The Bertz CT molecular complexity index is 855. The van der Waals surface area contributed by atoms with Crippen LogP contribution in [0, 0.1) is 17.6 Å². The van der Waals surface area contributed by atoms with Crippen LogP contribution in [0.25, 0.3) is 0 Å². The second-order valence-electron chi connectivity index (χ2n) is 6.51. The van der Waals surface area contributed by atoms with Crippen LogP contribution in [-0.4, -0.2) is 25.5 Å². The lowest BCUT2D eigenvalue weighted by Gasteiger charge is -2.19. The van der Waals surface area contributed by atoms with E-state index in [1.54, 1.807) is 43.2 Å². The van der Waals surface area contributed by atoms with Gasteiger partial charge < -0.3 is 15.0 Å². The number of benzene rings is 2. The summed E-state index contributed by atoms with van der Waals surface area (Å²) in [6.45, 7) is 1.95. The summed E-state index contributed by atoms with van der Waals surface area (Å²) in [6, 6.07) is 10.0. The van der Waals surface area contributed by atoms with E-state index in [4.69, 9.17) is 4.74 Å². The summed E-state index contributed by atoms with van der Waals surface area (Å²) in [7, 11) is 1.56. The molecule has 0 aliphatic carbocycles. The Kier molecular flexibility index (Phi) is 5.39. The second kappa shape index (κ2) is 7.73. The zero-order valence-corrected chi connectivity index (χ0v) is 15.0. The van der Waals surface area contributed by atoms with Crippen molar-refractivity contribution >= 4 is 17.5 Å². The number of hydrogen-bond acceptors (Lipinski definition) is 3. The predicted octanol–water partition coefficient (Wildman–Crippen LogP) is 3.20. The number of carbonyl (C=O) groups is 2. The number of nitrogens with one attached hydrogen (secondary N) is 1. The number of amides is 2. The fourth-order valence-corrected chi connectivity index (χ4v) is 3.09. The van der Waals surface area contributed by atoms with Gasteiger partial charge in [0.1, 0.15) is 5.75 Å². The van der Waals surface area contributed by atoms with Crippen molar-refractivity contribution in [2.24, 2.45) is 5.92 Å². The van der Waals surface area contributed by atoms with Gasteiger partial charge in [-0.05, 0) is 48.9 Å². The van der Waals surface area contributed by atoms with E-state index < -0.39 is 23.6 Å². The maximum Gasteiger partial charge on any atom is 0.227 e. The third kappa shape index (κ3) is 4.07. The molecule has 0 bridgehead atoms. The van der Waals surface area contributed by atoms with Crippen molar-refractivity contribution in [3.8, 4) is 5.75 Å². The molecule has 0 spiro atoms. The summed E-state index contributed by atoms with van der Waals surface area (Å²) in [5.74, 6) is -2.16. The molecule has 1 N–H and O–H groups in total. The van der Waals surface area contributed by atoms with Crippen LogP contribution < -0.4 is 15.0 Å². The lowest BCUT2D eigenvalue weighted by atomic mass is 10.0. The minimum absolute atomic E-state index is 0.0996. The normalized spacial score (nSPS) is 17.7. The first-order valence-corrected chi connectivity index (χ1v) is 8.58. The molecule has 1 heterocycles. The average molecular weight is 374 g/mol. The van der Waals surface area contributed by atoms with Gasteiger partial charge >= 0.3 is 0 Å². The zero-order chi connectivity index (χ0) is 19.6. The fraction of sp³-hybridized carbons (Fsp3) is 0.300. The van der Waals surface area contributed by atoms with Crippen molar-refractivity contribution in [3.63, 3.8) is 0 Å². The van der Waals surface area contributed by atoms with Crippen molar-refractivity contribution in [3.05, 3.63) is 59.7 Å². The van der Waals surface area contributed by atoms with Crippen LogP contribution in [-0.2, 0) is 9.59 Å². The Morgan fingerprint density at radius 2 is 1.89 bits per heavy atom. The highest BCUT2D eigenvalue weighted by atomic mass is 19.2. The molecule has 0 saturated carbocycles. The van der Waals surface area contributed by atoms with Crippen LogP contribution in [0.1, 0.15) is 24.9 Å². The van der Waals surface area contributed by atoms with Crippen LogP contribution in [0.3, 0.4) is 0 Å². The van der Waals surface area contributed by atoms with Crippen LogP contribution in [0.4, 0.5) is 14.5 Å². The molecule has 0 radical (unpaired) electrons. The summed E-state index contributed by atoms with van der Waals surface area (Å²) in [6.07, 6.45) is 0.0996. The molecule has 2 amide bonds. The molecular weight excluding hydrogens is 354 g/mol. The van der Waals surface area contributed by atoms with Gasteiger partial charge in [0.15, 0.2) is 11.6 Å². The number of carbonyl (C=O) groups excluding carboxylic acids is 2. The summed E-state index contributed by atoms with van der Waals surface area (Å²) in [5, 5.41) is 2.77. The van der Waals surface area contributed by atoms with Gasteiger partial charge in [-0.25, -0.2) is 8.78 Å². The maximum absolute atomic E-state index is 13.4. The van der Waals surface area contributed by atoms with Crippen molar-refractivity contribution in [2.45, 2.75) is 19.4 Å². The minimum atomic E-state index is -0.963. The molecule has 27 heavy (non-hydrogen) atoms. The topological polar surface area (TPSA) is 58.6 Å². The highest BCUT2D eigenvalue weighted by Crippen LogP contribution is 2.27. The van der Waals surface area contributed by atoms with Crippen molar-refractivity contribution in [1.29, 1.82) is 0 Å². The van der Waals surface area contributed by atoms with Crippen LogP contribution >= 0.6 is 0 Å². The van der Waals surface area contributed by atoms with E-state index in [2.05, 4.69) is 5.32 Å². The van der Waals surface area contributed by atoms with Crippen molar-refractivity contribution in [2.75, 3.05) is 18.6 Å². The highest BCUT2D eigenvalue weighted by Gasteiger charge is 2.35. The third-order valence-electron chi connectivity index (χ3n) is 4.68. The first-order valence-electron chi connectivity index (χ1n) is 8.58. The number of ether oxygens (including phenoxy) is 1. The van der Waals surface area contributed by atoms with E-state index in [0.717, 1.165) is 12.1 Å². The van der Waals surface area contributed by atoms with Gasteiger partial charge in [-0.2, -0.15) is 0 Å². The summed E-state index contributed by atoms with van der Waals surface area (Å²) in [5.41, 5.74) is 1.16. The van der Waals surface area contributed by atoms with Gasteiger partial charge in [0.2, 0.25) is 11.8 Å². The quantitative estimate of drug-likeness (QED) is 0.874. The molecule has 2 atom stereocenters. The van der Waals surface area contributed by atoms with Crippen LogP contribution in [0.15, 0.2) is 42.5 Å². The Morgan fingerprint density at radius 1 is 1.19 bits per heavy atom. The highest BCUT2D eigenvalue weighted by molar-refractivity contribution is 6.00. The molecule has 142 valence electrons. The average Bonchev–Trinajstić information content (AvgIpc) is 3.06. The number of hydrogen-bond donors (Lipinski definition) is 1. The first kappa shape index (κ1) is 18.8. The van der Waals surface area contributed by atoms with Gasteiger partial charge in [0.05, 0.1) is 19.1 Å². The Labute approximate surface area is 155 Å². The molecular formula is C20H20F2N2O3. The van der Waals surface area contributed by atoms with E-state index in [-0.39, 0.29) is 24.8 Å². The molecule has 7 heteroatoms. The fourth-order valence-electron chi connectivity index (χ4n) is 3.09. The monoisotopic (exact) mass is 374 g/mol. The molecule has 1 aliphatic heterocycles. The van der Waals surface area contributed by atoms with Gasteiger partial charge in [0.25, 0.3) is 0 Å². The number of nitrogens with zero attached hydrogens (tertiary/aromatic N) is 1. The number of methoxy groups -OCH3 is 1. The van der Waals surface area contributed by atoms with Gasteiger partial charge in [-0.1, -0.05) is 6.07 Å². The van der Waals surface area contributed by atoms with E-state index in [9.17, 15) is 18.4 Å². The van der Waals surface area contributed by atoms with Gasteiger partial charge in [0, 0.05) is 18.7 Å².